The number of hydrogen-bond donors (Lipinski definition) is 2. The van der Waals surface area contributed by atoms with E-state index in [2.05, 4.69) is 71.2 Å². The van der Waals surface area contributed by atoms with Gasteiger partial charge in [-0.25, -0.2) is 4.67 Å². The standard InChI is InChI=1S/C29H42N5O4PS/c1-19(2)34(20(3)4)39(37-15-9-14-30)38-23(7)27(18-35)31-29(36)24-10-12-25(13-11-24)32-33-28-21(5)16-26(40-8)17-22(28)6/h10-13,16-17,19-20,23,27,35H,9,15,18H2,1-8H3,(H,31,36)/t23-,27-,39?/m0/s1/i35D. The van der Waals surface area contributed by atoms with Gasteiger partial charge < -0.3 is 19.5 Å². The molecule has 2 N–H and O–H groups in total. The van der Waals surface area contributed by atoms with Crippen LogP contribution in [0, 0.1) is 25.2 Å². The Balaban J connectivity index is 2.13. The maximum absolute atomic E-state index is 13.1. The number of aliphatic hydroxyl groups is 1. The third-order valence-electron chi connectivity index (χ3n) is 6.08. The van der Waals surface area contributed by atoms with Crippen molar-refractivity contribution >= 4 is 37.6 Å². The number of nitrogens with zero attached hydrogens (tertiary/aromatic N) is 4. The van der Waals surface area contributed by atoms with Crippen molar-refractivity contribution in [3.8, 4) is 6.07 Å². The molecule has 1 unspecified atom stereocenters. The van der Waals surface area contributed by atoms with Crippen LogP contribution in [0.3, 0.4) is 0 Å². The fourth-order valence-electron chi connectivity index (χ4n) is 4.04. The Hall–Kier alpha value is -2.38. The van der Waals surface area contributed by atoms with Crippen molar-refractivity contribution in [3.05, 3.63) is 53.1 Å². The van der Waals surface area contributed by atoms with Gasteiger partial charge in [0.2, 0.25) is 1.43 Å². The Morgan fingerprint density at radius 1 is 1.15 bits per heavy atom. The average molecular weight is 589 g/mol. The zero-order valence-corrected chi connectivity index (χ0v) is 26.4. The summed E-state index contributed by atoms with van der Waals surface area (Å²) in [7, 11) is -1.52. The highest BCUT2D eigenvalue weighted by Crippen LogP contribution is 2.47. The third kappa shape index (κ3) is 9.91. The van der Waals surface area contributed by atoms with E-state index in [0.29, 0.717) is 11.3 Å². The maximum atomic E-state index is 13.1. The van der Waals surface area contributed by atoms with E-state index < -0.39 is 20.7 Å². The lowest BCUT2D eigenvalue weighted by molar-refractivity contribution is 0.0735. The fourth-order valence-corrected chi connectivity index (χ4v) is 6.36. The molecule has 3 atom stereocenters. The summed E-state index contributed by atoms with van der Waals surface area (Å²) < 4.78 is 21.7. The van der Waals surface area contributed by atoms with Crippen molar-refractivity contribution in [2.75, 3.05) is 19.5 Å². The molecule has 2 aromatic carbocycles. The smallest absolute Gasteiger partial charge is 0.259 e. The quantitative estimate of drug-likeness (QED) is 0.0920. The van der Waals surface area contributed by atoms with Gasteiger partial charge in [0, 0.05) is 22.5 Å². The predicted octanol–water partition coefficient (Wildman–Crippen LogP) is 7.21. The summed E-state index contributed by atoms with van der Waals surface area (Å²) in [4.78, 5) is 14.3. The first-order valence-electron chi connectivity index (χ1n) is 13.7. The number of rotatable bonds is 16. The predicted molar refractivity (Wildman–Crippen MR) is 162 cm³/mol. The van der Waals surface area contributed by atoms with Crippen LogP contribution in [0.4, 0.5) is 11.4 Å². The molecule has 0 aliphatic carbocycles. The Labute approximate surface area is 245 Å². The monoisotopic (exact) mass is 588 g/mol. The molecule has 0 heterocycles. The molecule has 218 valence electrons. The second-order valence-corrected chi connectivity index (χ2v) is 12.2. The highest BCUT2D eigenvalue weighted by molar-refractivity contribution is 7.98. The van der Waals surface area contributed by atoms with Crippen molar-refractivity contribution in [3.63, 3.8) is 0 Å². The van der Waals surface area contributed by atoms with Gasteiger partial charge in [0.25, 0.3) is 14.4 Å². The topological polar surface area (TPSA) is 120 Å². The van der Waals surface area contributed by atoms with Crippen molar-refractivity contribution in [2.45, 2.75) is 84.0 Å². The van der Waals surface area contributed by atoms with E-state index in [1.54, 1.807) is 36.0 Å². The number of hydrogen-bond acceptors (Lipinski definition) is 9. The summed E-state index contributed by atoms with van der Waals surface area (Å²) in [6.45, 7) is 14.2. The third-order valence-corrected chi connectivity index (χ3v) is 9.00. The Morgan fingerprint density at radius 2 is 1.77 bits per heavy atom. The molecule has 2 rings (SSSR count). The van der Waals surface area contributed by atoms with Crippen LogP contribution in [0.5, 0.6) is 0 Å². The van der Waals surface area contributed by atoms with Gasteiger partial charge in [0.05, 0.1) is 49.2 Å². The first-order valence-corrected chi connectivity index (χ1v) is 15.7. The van der Waals surface area contributed by atoms with Gasteiger partial charge >= 0.3 is 0 Å². The van der Waals surface area contributed by atoms with Crippen molar-refractivity contribution < 1.29 is 19.0 Å². The summed E-state index contributed by atoms with van der Waals surface area (Å²) in [6.07, 6.45) is 1.76. The molecule has 1 amide bonds. The number of thioether (sulfide) groups is 1. The molecule has 0 bridgehead atoms. The van der Waals surface area contributed by atoms with Crippen LogP contribution in [-0.2, 0) is 9.05 Å². The number of aryl methyl sites for hydroxylation is 2. The highest BCUT2D eigenvalue weighted by atomic mass is 32.2. The van der Waals surface area contributed by atoms with Gasteiger partial charge in [-0.1, -0.05) is 0 Å². The molecule has 11 heteroatoms. The molecule has 0 fully saturated rings. The summed E-state index contributed by atoms with van der Waals surface area (Å²) in [5.41, 5.74) is 4.00. The minimum Gasteiger partial charge on any atom is -0.394 e. The molecule has 0 radical (unpaired) electrons. The SMILES string of the molecule is [2H]OC[C@H](NC(=O)c1ccc(N=Nc2c(C)cc(SC)cc2C)cc1)[C@H](C)OP(OCCC#N)N(C(C)C)C(C)C. The molecule has 0 saturated carbocycles. The number of carbonyl (C=O) groups excluding carboxylic acids is 1. The summed E-state index contributed by atoms with van der Waals surface area (Å²) >= 11 is 1.69. The zero-order chi connectivity index (χ0) is 30.5. The number of carbonyl (C=O) groups is 1. The molecule has 0 aliphatic heterocycles. The van der Waals surface area contributed by atoms with Gasteiger partial charge in [-0.3, -0.25) is 4.79 Å². The molecule has 9 nitrogen and oxygen atoms in total. The van der Waals surface area contributed by atoms with Crippen LogP contribution < -0.4 is 5.32 Å². The number of aliphatic hydroxyl groups excluding tert-OH is 1. The molecule has 0 aliphatic rings. The van der Waals surface area contributed by atoms with E-state index in [9.17, 15) is 4.79 Å². The Bertz CT molecular complexity index is 1160. The molecule has 0 aromatic heterocycles. The lowest BCUT2D eigenvalue weighted by Gasteiger charge is -2.38. The molecule has 0 saturated heterocycles. The van der Waals surface area contributed by atoms with Gasteiger partial charge in [0.1, 0.15) is 0 Å². The Kier molecular flexibility index (Phi) is 13.5. The van der Waals surface area contributed by atoms with Crippen LogP contribution in [-0.4, -0.2) is 60.8 Å². The first-order chi connectivity index (χ1) is 19.5. The number of nitrogens with one attached hydrogen (secondary N) is 1. The molecule has 2 aromatic rings. The number of azo groups is 1. The molecular formula is C29H42N5O4PS. The van der Waals surface area contributed by atoms with E-state index in [4.69, 9.17) is 15.7 Å². The highest BCUT2D eigenvalue weighted by Gasteiger charge is 2.31. The van der Waals surface area contributed by atoms with Crippen LogP contribution in [0.25, 0.3) is 0 Å². The zero-order valence-electron chi connectivity index (χ0n) is 25.7. The van der Waals surface area contributed by atoms with Crippen LogP contribution >= 0.6 is 20.3 Å². The van der Waals surface area contributed by atoms with Crippen molar-refractivity contribution in [1.82, 2.24) is 9.99 Å². The van der Waals surface area contributed by atoms with E-state index >= 15 is 0 Å². The minimum absolute atomic E-state index is 0.0715. The van der Waals surface area contributed by atoms with E-state index in [-0.39, 0.29) is 37.6 Å². The lowest BCUT2D eigenvalue weighted by Crippen LogP contribution is -2.46. The largest absolute Gasteiger partial charge is 0.394 e. The van der Waals surface area contributed by atoms with Crippen molar-refractivity contribution in [1.29, 1.82) is 6.69 Å². The van der Waals surface area contributed by atoms with Gasteiger partial charge in [-0.05, 0) is 102 Å². The van der Waals surface area contributed by atoms with Crippen LogP contribution in [0.15, 0.2) is 51.5 Å². The van der Waals surface area contributed by atoms with E-state index in [1.807, 2.05) is 27.0 Å². The number of nitriles is 1. The van der Waals surface area contributed by atoms with Crippen LogP contribution in [0.2, 0.25) is 0 Å². The molecule has 40 heavy (non-hydrogen) atoms. The Morgan fingerprint density at radius 3 is 2.30 bits per heavy atom. The summed E-state index contributed by atoms with van der Waals surface area (Å²) in [6, 6.07) is 12.8. The second-order valence-electron chi connectivity index (χ2n) is 9.96. The van der Waals surface area contributed by atoms with E-state index in [1.165, 1.54) is 4.90 Å². The van der Waals surface area contributed by atoms with Gasteiger partial charge in [0.15, 0.2) is 0 Å². The van der Waals surface area contributed by atoms with Crippen LogP contribution in [0.1, 0.15) is 62.5 Å². The normalized spacial score (nSPS) is 14.4. The van der Waals surface area contributed by atoms with Gasteiger partial charge in [-0.2, -0.15) is 15.5 Å². The first kappa shape index (κ1) is 32.1. The average Bonchev–Trinajstić information content (AvgIpc) is 2.92. The lowest BCUT2D eigenvalue weighted by atomic mass is 10.1. The molecule has 0 spiro atoms. The number of benzene rings is 2. The van der Waals surface area contributed by atoms with Crippen molar-refractivity contribution in [2.24, 2.45) is 10.2 Å². The summed E-state index contributed by atoms with van der Waals surface area (Å²) in [5.74, 6) is -0.329. The second kappa shape index (κ2) is 16.8. The summed E-state index contributed by atoms with van der Waals surface area (Å²) in [5, 5.41) is 25.3. The van der Waals surface area contributed by atoms with Gasteiger partial charge in [-0.15, -0.1) is 11.8 Å². The fraction of sp³-hybridized carbons (Fsp3) is 0.517. The van der Waals surface area contributed by atoms with E-state index in [0.717, 1.165) is 16.8 Å². The number of amides is 1. The maximum Gasteiger partial charge on any atom is 0.259 e. The minimum atomic E-state index is -1.52. The molecular weight excluding hydrogens is 545 g/mol.